The number of rotatable bonds is 3. The summed E-state index contributed by atoms with van der Waals surface area (Å²) < 4.78 is 14.5. The second-order valence-electron chi connectivity index (χ2n) is 4.95. The van der Waals surface area contributed by atoms with Crippen molar-refractivity contribution in [1.29, 1.82) is 0 Å². The number of pyridine rings is 1. The molecule has 0 aliphatic heterocycles. The molecule has 0 saturated carbocycles. The molecule has 0 spiro atoms. The maximum atomic E-state index is 14.1. The van der Waals surface area contributed by atoms with E-state index in [0.29, 0.717) is 16.5 Å². The summed E-state index contributed by atoms with van der Waals surface area (Å²) >= 11 is 3.19. The molecule has 2 N–H and O–H groups in total. The van der Waals surface area contributed by atoms with Crippen molar-refractivity contribution < 1.29 is 4.39 Å². The van der Waals surface area contributed by atoms with Gasteiger partial charge in [-0.3, -0.25) is 4.98 Å². The average molecular weight is 345 g/mol. The Kier molecular flexibility index (Phi) is 3.99. The summed E-state index contributed by atoms with van der Waals surface area (Å²) in [6, 6.07) is 16.6. The van der Waals surface area contributed by atoms with Crippen LogP contribution in [0.4, 0.5) is 4.39 Å². The van der Waals surface area contributed by atoms with E-state index in [1.165, 1.54) is 0 Å². The Morgan fingerprint density at radius 3 is 2.71 bits per heavy atom. The van der Waals surface area contributed by atoms with Crippen LogP contribution in [0.3, 0.4) is 0 Å². The van der Waals surface area contributed by atoms with Gasteiger partial charge in [-0.25, -0.2) is 4.39 Å². The van der Waals surface area contributed by atoms with Crippen LogP contribution in [0.1, 0.15) is 17.3 Å². The standard InChI is InChI=1S/C17H14BrFN2/c18-14-6-3-5-13(17(14)19)15(20)10-12-9-8-11-4-1-2-7-16(11)21-12/h1-9,15H,10,20H2. The first-order valence-electron chi connectivity index (χ1n) is 6.69. The molecule has 106 valence electrons. The van der Waals surface area contributed by atoms with Gasteiger partial charge in [0, 0.05) is 29.1 Å². The Balaban J connectivity index is 1.89. The zero-order valence-electron chi connectivity index (χ0n) is 11.3. The minimum absolute atomic E-state index is 0.300. The fourth-order valence-corrected chi connectivity index (χ4v) is 2.75. The van der Waals surface area contributed by atoms with Crippen LogP contribution in [0.5, 0.6) is 0 Å². The molecule has 21 heavy (non-hydrogen) atoms. The molecule has 2 aromatic carbocycles. The number of fused-ring (bicyclic) bond motifs is 1. The fraction of sp³-hybridized carbons (Fsp3) is 0.118. The van der Waals surface area contributed by atoms with Gasteiger partial charge in [-0.2, -0.15) is 0 Å². The van der Waals surface area contributed by atoms with Gasteiger partial charge in [-0.1, -0.05) is 36.4 Å². The molecular formula is C17H14BrFN2. The van der Waals surface area contributed by atoms with Crippen LogP contribution in [0.25, 0.3) is 10.9 Å². The van der Waals surface area contributed by atoms with Gasteiger partial charge in [0.15, 0.2) is 0 Å². The first kappa shape index (κ1) is 14.2. The minimum Gasteiger partial charge on any atom is -0.324 e. The van der Waals surface area contributed by atoms with E-state index in [0.717, 1.165) is 16.6 Å². The molecule has 1 atom stereocenters. The van der Waals surface area contributed by atoms with Crippen molar-refractivity contribution in [2.24, 2.45) is 5.73 Å². The van der Waals surface area contributed by atoms with E-state index in [-0.39, 0.29) is 5.82 Å². The Morgan fingerprint density at radius 1 is 1.05 bits per heavy atom. The summed E-state index contributed by atoms with van der Waals surface area (Å²) in [5.41, 5.74) is 8.43. The average Bonchev–Trinajstić information content (AvgIpc) is 2.50. The Labute approximate surface area is 130 Å². The molecular weight excluding hydrogens is 331 g/mol. The summed E-state index contributed by atoms with van der Waals surface area (Å²) in [6.45, 7) is 0. The smallest absolute Gasteiger partial charge is 0.142 e. The van der Waals surface area contributed by atoms with E-state index in [1.807, 2.05) is 36.4 Å². The third kappa shape index (κ3) is 2.96. The van der Waals surface area contributed by atoms with Crippen LogP contribution >= 0.6 is 15.9 Å². The zero-order chi connectivity index (χ0) is 14.8. The number of halogens is 2. The SMILES string of the molecule is NC(Cc1ccc2ccccc2n1)c1cccc(Br)c1F. The van der Waals surface area contributed by atoms with Crippen molar-refractivity contribution in [3.63, 3.8) is 0 Å². The van der Waals surface area contributed by atoms with Crippen LogP contribution < -0.4 is 5.73 Å². The molecule has 0 aliphatic carbocycles. The molecule has 1 heterocycles. The number of aromatic nitrogens is 1. The predicted molar refractivity (Wildman–Crippen MR) is 86.5 cm³/mol. The highest BCUT2D eigenvalue weighted by atomic mass is 79.9. The third-order valence-electron chi connectivity index (χ3n) is 3.47. The second kappa shape index (κ2) is 5.92. The quantitative estimate of drug-likeness (QED) is 0.765. The lowest BCUT2D eigenvalue weighted by atomic mass is 10.0. The summed E-state index contributed by atoms with van der Waals surface area (Å²) in [5, 5.41) is 1.09. The first-order chi connectivity index (χ1) is 10.1. The number of nitrogens with two attached hydrogens (primary N) is 1. The van der Waals surface area contributed by atoms with Crippen molar-refractivity contribution in [3.8, 4) is 0 Å². The first-order valence-corrected chi connectivity index (χ1v) is 7.48. The van der Waals surface area contributed by atoms with Crippen LogP contribution in [0.15, 0.2) is 59.1 Å². The van der Waals surface area contributed by atoms with Crippen molar-refractivity contribution >= 4 is 26.8 Å². The van der Waals surface area contributed by atoms with Gasteiger partial charge >= 0.3 is 0 Å². The second-order valence-corrected chi connectivity index (χ2v) is 5.80. The molecule has 4 heteroatoms. The minimum atomic E-state index is -0.420. The predicted octanol–water partition coefficient (Wildman–Crippen LogP) is 4.38. The molecule has 3 aromatic rings. The van der Waals surface area contributed by atoms with Crippen LogP contribution in [-0.2, 0) is 6.42 Å². The number of nitrogens with zero attached hydrogens (tertiary/aromatic N) is 1. The van der Waals surface area contributed by atoms with Gasteiger partial charge in [0.1, 0.15) is 5.82 Å². The number of para-hydroxylation sites is 1. The summed E-state index contributed by atoms with van der Waals surface area (Å²) in [6.07, 6.45) is 0.498. The van der Waals surface area contributed by atoms with Crippen molar-refractivity contribution in [2.45, 2.75) is 12.5 Å². The van der Waals surface area contributed by atoms with Crippen molar-refractivity contribution in [1.82, 2.24) is 4.98 Å². The van der Waals surface area contributed by atoms with E-state index >= 15 is 0 Å². The van der Waals surface area contributed by atoms with Crippen LogP contribution in [0.2, 0.25) is 0 Å². The van der Waals surface area contributed by atoms with E-state index in [4.69, 9.17) is 5.73 Å². The highest BCUT2D eigenvalue weighted by molar-refractivity contribution is 9.10. The lowest BCUT2D eigenvalue weighted by Crippen LogP contribution is -2.16. The molecule has 0 aliphatic rings. The fourth-order valence-electron chi connectivity index (χ4n) is 2.36. The van der Waals surface area contributed by atoms with Crippen LogP contribution in [-0.4, -0.2) is 4.98 Å². The van der Waals surface area contributed by atoms with Gasteiger partial charge in [0.25, 0.3) is 0 Å². The van der Waals surface area contributed by atoms with E-state index < -0.39 is 6.04 Å². The molecule has 0 radical (unpaired) electrons. The zero-order valence-corrected chi connectivity index (χ0v) is 12.8. The van der Waals surface area contributed by atoms with E-state index in [1.54, 1.807) is 18.2 Å². The maximum absolute atomic E-state index is 14.1. The highest BCUT2D eigenvalue weighted by Crippen LogP contribution is 2.25. The lowest BCUT2D eigenvalue weighted by molar-refractivity contribution is 0.573. The Hall–Kier alpha value is -1.78. The molecule has 0 amide bonds. The van der Waals surface area contributed by atoms with E-state index in [9.17, 15) is 4.39 Å². The summed E-state index contributed by atoms with van der Waals surface area (Å²) in [7, 11) is 0. The monoisotopic (exact) mass is 344 g/mol. The molecule has 1 unspecified atom stereocenters. The number of hydrogen-bond donors (Lipinski definition) is 1. The van der Waals surface area contributed by atoms with Gasteiger partial charge < -0.3 is 5.73 Å². The van der Waals surface area contributed by atoms with Crippen LogP contribution in [0, 0.1) is 5.82 Å². The molecule has 3 rings (SSSR count). The largest absolute Gasteiger partial charge is 0.324 e. The molecule has 1 aromatic heterocycles. The maximum Gasteiger partial charge on any atom is 0.142 e. The molecule has 0 saturated heterocycles. The Bertz CT molecular complexity index is 789. The molecule has 0 fully saturated rings. The van der Waals surface area contributed by atoms with Crippen molar-refractivity contribution in [3.05, 3.63) is 76.1 Å². The number of hydrogen-bond acceptors (Lipinski definition) is 2. The Morgan fingerprint density at radius 2 is 1.86 bits per heavy atom. The summed E-state index contributed by atoms with van der Waals surface area (Å²) in [4.78, 5) is 4.58. The number of benzene rings is 2. The highest BCUT2D eigenvalue weighted by Gasteiger charge is 2.14. The topological polar surface area (TPSA) is 38.9 Å². The molecule has 0 bridgehead atoms. The van der Waals surface area contributed by atoms with Gasteiger partial charge in [0.05, 0.1) is 9.99 Å². The van der Waals surface area contributed by atoms with Gasteiger partial charge in [-0.15, -0.1) is 0 Å². The third-order valence-corrected chi connectivity index (χ3v) is 4.08. The normalized spacial score (nSPS) is 12.5. The van der Waals surface area contributed by atoms with E-state index in [2.05, 4.69) is 20.9 Å². The van der Waals surface area contributed by atoms with Gasteiger partial charge in [-0.05, 0) is 34.1 Å². The molecule has 2 nitrogen and oxygen atoms in total. The summed E-state index contributed by atoms with van der Waals surface area (Å²) in [5.74, 6) is -0.300. The van der Waals surface area contributed by atoms with Gasteiger partial charge in [0.2, 0.25) is 0 Å². The van der Waals surface area contributed by atoms with Crippen molar-refractivity contribution in [2.75, 3.05) is 0 Å². The lowest BCUT2D eigenvalue weighted by Gasteiger charge is -2.13.